The molecular formula is C18H21FN4O2. The third-order valence-electron chi connectivity index (χ3n) is 5.22. The zero-order valence-electron chi connectivity index (χ0n) is 14.1. The molecule has 2 atom stereocenters. The number of anilines is 2. The molecular weight excluding hydrogens is 323 g/mol. The number of carbonyl (C=O) groups is 1. The van der Waals surface area contributed by atoms with Gasteiger partial charge in [0.2, 0.25) is 0 Å². The number of nitrogen functional groups attached to an aromatic ring is 1. The number of ether oxygens (including phenoxy) is 1. The van der Waals surface area contributed by atoms with Gasteiger partial charge in [-0.3, -0.25) is 4.79 Å². The predicted octanol–water partition coefficient (Wildman–Crippen LogP) is 2.35. The van der Waals surface area contributed by atoms with Crippen molar-refractivity contribution in [1.29, 1.82) is 0 Å². The van der Waals surface area contributed by atoms with Gasteiger partial charge >= 0.3 is 0 Å². The Morgan fingerprint density at radius 2 is 2.28 bits per heavy atom. The van der Waals surface area contributed by atoms with E-state index in [0.717, 1.165) is 29.8 Å². The molecule has 0 saturated heterocycles. The standard InChI is InChI=1S/C18H21FN4O2/c1-25-11-3-5-16-14(9-11)17(20)23(22-16)18(24)12-6-7-21-15-4-2-10(19)8-13(12)15/h2,4,8,11-12,21H,3,5-7,9,20H2,1H3. The molecule has 7 heteroatoms. The number of hydrogen-bond donors (Lipinski definition) is 2. The van der Waals surface area contributed by atoms with Crippen LogP contribution in [0.4, 0.5) is 15.9 Å². The van der Waals surface area contributed by atoms with Crippen molar-refractivity contribution in [3.63, 3.8) is 0 Å². The number of benzene rings is 1. The molecule has 0 amide bonds. The molecule has 1 aromatic carbocycles. The summed E-state index contributed by atoms with van der Waals surface area (Å²) in [7, 11) is 1.68. The highest BCUT2D eigenvalue weighted by Crippen LogP contribution is 2.35. The van der Waals surface area contributed by atoms with E-state index in [0.29, 0.717) is 30.8 Å². The van der Waals surface area contributed by atoms with Crippen LogP contribution in [0.1, 0.15) is 40.4 Å². The number of fused-ring (bicyclic) bond motifs is 2. The van der Waals surface area contributed by atoms with Gasteiger partial charge in [0.05, 0.1) is 17.7 Å². The normalized spacial score (nSPS) is 22.0. The average Bonchev–Trinajstić information content (AvgIpc) is 2.96. The van der Waals surface area contributed by atoms with Gasteiger partial charge in [0, 0.05) is 31.3 Å². The lowest BCUT2D eigenvalue weighted by atomic mass is 9.90. The number of carbonyl (C=O) groups excluding carboxylic acids is 1. The zero-order valence-corrected chi connectivity index (χ0v) is 14.1. The molecule has 0 saturated carbocycles. The molecule has 2 heterocycles. The minimum Gasteiger partial charge on any atom is -0.385 e. The monoisotopic (exact) mass is 344 g/mol. The lowest BCUT2D eigenvalue weighted by molar-refractivity contribution is 0.0859. The summed E-state index contributed by atoms with van der Waals surface area (Å²) in [6.07, 6.45) is 2.98. The lowest BCUT2D eigenvalue weighted by Crippen LogP contribution is -2.28. The molecule has 0 radical (unpaired) electrons. The largest absolute Gasteiger partial charge is 0.385 e. The van der Waals surface area contributed by atoms with Crippen LogP contribution in [0.5, 0.6) is 0 Å². The van der Waals surface area contributed by atoms with Crippen LogP contribution in [0.25, 0.3) is 0 Å². The first-order valence-electron chi connectivity index (χ1n) is 8.55. The van der Waals surface area contributed by atoms with Crippen molar-refractivity contribution < 1.29 is 13.9 Å². The van der Waals surface area contributed by atoms with Crippen molar-refractivity contribution in [3.8, 4) is 0 Å². The first-order chi connectivity index (χ1) is 12.1. The molecule has 1 aliphatic carbocycles. The molecule has 1 aliphatic heterocycles. The van der Waals surface area contributed by atoms with Crippen molar-refractivity contribution >= 4 is 17.4 Å². The minimum atomic E-state index is -0.450. The first kappa shape index (κ1) is 16.1. The summed E-state index contributed by atoms with van der Waals surface area (Å²) in [4.78, 5) is 13.1. The topological polar surface area (TPSA) is 82.2 Å². The van der Waals surface area contributed by atoms with Crippen LogP contribution >= 0.6 is 0 Å². The fourth-order valence-electron chi connectivity index (χ4n) is 3.82. The van der Waals surface area contributed by atoms with Gasteiger partial charge in [0.25, 0.3) is 5.91 Å². The Hall–Kier alpha value is -2.41. The third-order valence-corrected chi connectivity index (χ3v) is 5.22. The van der Waals surface area contributed by atoms with Crippen molar-refractivity contribution in [2.24, 2.45) is 0 Å². The van der Waals surface area contributed by atoms with E-state index >= 15 is 0 Å². The Labute approximate surface area is 145 Å². The Bertz CT molecular complexity index is 833. The molecule has 1 aromatic heterocycles. The number of aromatic nitrogens is 2. The average molecular weight is 344 g/mol. The first-order valence-corrected chi connectivity index (χ1v) is 8.55. The quantitative estimate of drug-likeness (QED) is 0.874. The van der Waals surface area contributed by atoms with E-state index in [1.165, 1.54) is 16.8 Å². The van der Waals surface area contributed by atoms with Gasteiger partial charge in [0.1, 0.15) is 11.6 Å². The van der Waals surface area contributed by atoms with Crippen LogP contribution in [0.2, 0.25) is 0 Å². The second kappa shape index (κ2) is 6.15. The second-order valence-electron chi connectivity index (χ2n) is 6.66. The van der Waals surface area contributed by atoms with E-state index in [2.05, 4.69) is 10.4 Å². The van der Waals surface area contributed by atoms with Crippen LogP contribution < -0.4 is 11.1 Å². The Kier molecular flexibility index (Phi) is 3.95. The summed E-state index contributed by atoms with van der Waals surface area (Å²) >= 11 is 0. The van der Waals surface area contributed by atoms with Gasteiger partial charge in [-0.1, -0.05) is 0 Å². The van der Waals surface area contributed by atoms with Crippen LogP contribution in [0.15, 0.2) is 18.2 Å². The summed E-state index contributed by atoms with van der Waals surface area (Å²) in [5, 5.41) is 7.67. The third kappa shape index (κ3) is 2.68. The zero-order chi connectivity index (χ0) is 17.6. The van der Waals surface area contributed by atoms with Crippen molar-refractivity contribution in [3.05, 3.63) is 40.8 Å². The van der Waals surface area contributed by atoms with E-state index in [4.69, 9.17) is 10.5 Å². The lowest BCUT2D eigenvalue weighted by Gasteiger charge is -2.25. The maximum absolute atomic E-state index is 13.7. The molecule has 132 valence electrons. The number of methoxy groups -OCH3 is 1. The van der Waals surface area contributed by atoms with Crippen LogP contribution in [0, 0.1) is 5.82 Å². The van der Waals surface area contributed by atoms with Crippen LogP contribution in [0.3, 0.4) is 0 Å². The van der Waals surface area contributed by atoms with Gasteiger partial charge in [-0.15, -0.1) is 0 Å². The van der Waals surface area contributed by atoms with Crippen molar-refractivity contribution in [1.82, 2.24) is 9.78 Å². The Balaban J connectivity index is 1.70. The van der Waals surface area contributed by atoms with Crippen molar-refractivity contribution in [2.75, 3.05) is 24.7 Å². The Morgan fingerprint density at radius 3 is 3.08 bits per heavy atom. The molecule has 2 aromatic rings. The van der Waals surface area contributed by atoms with Crippen LogP contribution in [-0.4, -0.2) is 35.4 Å². The minimum absolute atomic E-state index is 0.108. The molecule has 25 heavy (non-hydrogen) atoms. The predicted molar refractivity (Wildman–Crippen MR) is 92.3 cm³/mol. The number of nitrogens with one attached hydrogen (secondary N) is 1. The number of aryl methyl sites for hydroxylation is 1. The highest BCUT2D eigenvalue weighted by atomic mass is 19.1. The molecule has 6 nitrogen and oxygen atoms in total. The fraction of sp³-hybridized carbons (Fsp3) is 0.444. The molecule has 4 rings (SSSR count). The summed E-state index contributed by atoms with van der Waals surface area (Å²) in [6, 6.07) is 4.49. The van der Waals surface area contributed by atoms with Gasteiger partial charge in [-0.05, 0) is 43.0 Å². The van der Waals surface area contributed by atoms with E-state index in [9.17, 15) is 9.18 Å². The number of hydrogen-bond acceptors (Lipinski definition) is 5. The Morgan fingerprint density at radius 1 is 1.44 bits per heavy atom. The van der Waals surface area contributed by atoms with Gasteiger partial charge in [-0.2, -0.15) is 9.78 Å². The number of nitrogens with zero attached hydrogens (tertiary/aromatic N) is 2. The summed E-state index contributed by atoms with van der Waals surface area (Å²) in [5.41, 5.74) is 9.46. The fourth-order valence-corrected chi connectivity index (χ4v) is 3.82. The number of rotatable bonds is 2. The van der Waals surface area contributed by atoms with Gasteiger partial charge in [0.15, 0.2) is 0 Å². The van der Waals surface area contributed by atoms with E-state index < -0.39 is 5.92 Å². The maximum atomic E-state index is 13.7. The van der Waals surface area contributed by atoms with Gasteiger partial charge < -0.3 is 15.8 Å². The number of nitrogens with two attached hydrogens (primary N) is 1. The van der Waals surface area contributed by atoms with Gasteiger partial charge in [-0.25, -0.2) is 4.39 Å². The SMILES string of the molecule is COC1CCc2nn(C(=O)C3CCNc4ccc(F)cc43)c(N)c2C1. The molecule has 3 N–H and O–H groups in total. The van der Waals surface area contributed by atoms with Crippen LogP contribution in [-0.2, 0) is 17.6 Å². The second-order valence-corrected chi connectivity index (χ2v) is 6.66. The summed E-state index contributed by atoms with van der Waals surface area (Å²) in [5.74, 6) is -0.614. The van der Waals surface area contributed by atoms with Crippen molar-refractivity contribution in [2.45, 2.75) is 37.7 Å². The molecule has 0 bridgehead atoms. The number of halogens is 1. The van der Waals surface area contributed by atoms with E-state index in [1.54, 1.807) is 13.2 Å². The highest BCUT2D eigenvalue weighted by molar-refractivity contribution is 5.90. The molecule has 2 unspecified atom stereocenters. The summed E-state index contributed by atoms with van der Waals surface area (Å²) < 4.78 is 20.4. The molecule has 2 aliphatic rings. The molecule has 0 spiro atoms. The summed E-state index contributed by atoms with van der Waals surface area (Å²) in [6.45, 7) is 0.654. The molecule has 0 fully saturated rings. The van der Waals surface area contributed by atoms with E-state index in [1.807, 2.05) is 0 Å². The van der Waals surface area contributed by atoms with E-state index in [-0.39, 0.29) is 17.8 Å². The maximum Gasteiger partial charge on any atom is 0.256 e. The smallest absolute Gasteiger partial charge is 0.256 e. The highest BCUT2D eigenvalue weighted by Gasteiger charge is 2.32.